The van der Waals surface area contributed by atoms with Crippen molar-refractivity contribution >= 4 is 32.6 Å². The molecular formula is C17H15FN4OS. The number of anilines is 1. The molecule has 1 aliphatic heterocycles. The third kappa shape index (κ3) is 2.82. The molecule has 24 heavy (non-hydrogen) atoms. The van der Waals surface area contributed by atoms with Gasteiger partial charge in [-0.1, -0.05) is 23.5 Å². The van der Waals surface area contributed by atoms with Gasteiger partial charge in [-0.15, -0.1) is 0 Å². The Morgan fingerprint density at radius 1 is 1.33 bits per heavy atom. The molecule has 2 aromatic heterocycles. The molecule has 0 radical (unpaired) electrons. The number of carbonyl (C=O) groups is 1. The summed E-state index contributed by atoms with van der Waals surface area (Å²) in [6.45, 7) is 1.70. The summed E-state index contributed by atoms with van der Waals surface area (Å²) in [5, 5.41) is 3.70. The second-order valence-corrected chi connectivity index (χ2v) is 6.77. The van der Waals surface area contributed by atoms with Crippen molar-refractivity contribution in [2.24, 2.45) is 5.92 Å². The first kappa shape index (κ1) is 15.0. The summed E-state index contributed by atoms with van der Waals surface area (Å²) in [4.78, 5) is 22.6. The highest BCUT2D eigenvalue weighted by molar-refractivity contribution is 7.22. The van der Waals surface area contributed by atoms with Crippen molar-refractivity contribution in [3.8, 4) is 0 Å². The van der Waals surface area contributed by atoms with E-state index in [0.29, 0.717) is 25.2 Å². The van der Waals surface area contributed by atoms with Crippen molar-refractivity contribution in [2.45, 2.75) is 6.54 Å². The maximum absolute atomic E-state index is 13.7. The molecule has 0 spiro atoms. The number of rotatable bonds is 4. The van der Waals surface area contributed by atoms with E-state index in [0.717, 1.165) is 15.4 Å². The summed E-state index contributed by atoms with van der Waals surface area (Å²) in [5.41, 5.74) is 1.38. The van der Waals surface area contributed by atoms with Crippen LogP contribution in [-0.4, -0.2) is 29.0 Å². The van der Waals surface area contributed by atoms with Crippen molar-refractivity contribution < 1.29 is 9.18 Å². The number of amides is 1. The Kier molecular flexibility index (Phi) is 3.86. The number of carbonyl (C=O) groups excluding carboxylic acids is 1. The summed E-state index contributed by atoms with van der Waals surface area (Å²) in [7, 11) is 0. The Morgan fingerprint density at radius 3 is 2.96 bits per heavy atom. The summed E-state index contributed by atoms with van der Waals surface area (Å²) in [6, 6.07) is 8.73. The number of fused-ring (bicyclic) bond motifs is 1. The monoisotopic (exact) mass is 342 g/mol. The molecule has 1 N–H and O–H groups in total. The highest BCUT2D eigenvalue weighted by Gasteiger charge is 2.34. The third-order valence-corrected chi connectivity index (χ3v) is 5.15. The minimum atomic E-state index is -0.304. The number of nitrogens with one attached hydrogen (secondary N) is 1. The average molecular weight is 342 g/mol. The molecule has 1 aromatic carbocycles. The van der Waals surface area contributed by atoms with Gasteiger partial charge in [0.15, 0.2) is 5.13 Å². The van der Waals surface area contributed by atoms with E-state index in [2.05, 4.69) is 15.3 Å². The fraction of sp³-hybridized carbons (Fsp3) is 0.235. The van der Waals surface area contributed by atoms with Crippen LogP contribution in [0.1, 0.15) is 5.56 Å². The molecule has 0 saturated carbocycles. The van der Waals surface area contributed by atoms with Crippen LogP contribution in [0.3, 0.4) is 0 Å². The lowest BCUT2D eigenvalue weighted by atomic mass is 10.00. The molecule has 122 valence electrons. The van der Waals surface area contributed by atoms with Crippen molar-refractivity contribution in [2.75, 3.05) is 18.0 Å². The van der Waals surface area contributed by atoms with Crippen molar-refractivity contribution in [3.05, 3.63) is 54.1 Å². The van der Waals surface area contributed by atoms with Gasteiger partial charge in [0, 0.05) is 32.0 Å². The largest absolute Gasteiger partial charge is 0.352 e. The molecule has 0 unspecified atom stereocenters. The van der Waals surface area contributed by atoms with E-state index in [1.807, 2.05) is 23.1 Å². The van der Waals surface area contributed by atoms with Gasteiger partial charge in [0.2, 0.25) is 5.91 Å². The van der Waals surface area contributed by atoms with Gasteiger partial charge in [0.1, 0.15) is 11.3 Å². The van der Waals surface area contributed by atoms with Crippen LogP contribution in [0.15, 0.2) is 42.7 Å². The van der Waals surface area contributed by atoms with Gasteiger partial charge in [0.25, 0.3) is 0 Å². The predicted molar refractivity (Wildman–Crippen MR) is 91.4 cm³/mol. The maximum Gasteiger partial charge on any atom is 0.226 e. The fourth-order valence-corrected chi connectivity index (χ4v) is 3.67. The molecular weight excluding hydrogens is 327 g/mol. The number of thiazole rings is 1. The Morgan fingerprint density at radius 2 is 2.21 bits per heavy atom. The summed E-state index contributed by atoms with van der Waals surface area (Å²) < 4.78 is 14.5. The molecule has 5 nitrogen and oxygen atoms in total. The van der Waals surface area contributed by atoms with E-state index in [9.17, 15) is 9.18 Å². The third-order valence-electron chi connectivity index (χ3n) is 4.07. The fourth-order valence-electron chi connectivity index (χ4n) is 2.68. The Labute approximate surface area is 142 Å². The molecule has 1 amide bonds. The molecule has 4 rings (SSSR count). The van der Waals surface area contributed by atoms with Gasteiger partial charge in [-0.05, 0) is 23.8 Å². The maximum atomic E-state index is 13.7. The number of pyridine rings is 1. The van der Waals surface area contributed by atoms with E-state index in [4.69, 9.17) is 0 Å². The summed E-state index contributed by atoms with van der Waals surface area (Å²) in [5.74, 6) is -0.331. The summed E-state index contributed by atoms with van der Waals surface area (Å²) >= 11 is 1.45. The molecule has 0 bridgehead atoms. The van der Waals surface area contributed by atoms with Crippen LogP contribution < -0.4 is 10.2 Å². The summed E-state index contributed by atoms with van der Waals surface area (Å²) in [6.07, 6.45) is 3.44. The van der Waals surface area contributed by atoms with Gasteiger partial charge >= 0.3 is 0 Å². The van der Waals surface area contributed by atoms with Crippen molar-refractivity contribution in [1.82, 2.24) is 15.3 Å². The van der Waals surface area contributed by atoms with Gasteiger partial charge in [-0.25, -0.2) is 9.37 Å². The van der Waals surface area contributed by atoms with E-state index < -0.39 is 0 Å². The smallest absolute Gasteiger partial charge is 0.226 e. The van der Waals surface area contributed by atoms with Crippen LogP contribution in [0.2, 0.25) is 0 Å². The van der Waals surface area contributed by atoms with Crippen LogP contribution in [0, 0.1) is 11.7 Å². The lowest BCUT2D eigenvalue weighted by Crippen LogP contribution is -2.53. The molecule has 3 aromatic rings. The van der Waals surface area contributed by atoms with Gasteiger partial charge in [-0.3, -0.25) is 9.78 Å². The molecule has 0 aliphatic carbocycles. The molecule has 1 saturated heterocycles. The normalized spacial score (nSPS) is 14.6. The molecule has 1 fully saturated rings. The first-order valence-corrected chi connectivity index (χ1v) is 8.49. The number of hydrogen-bond acceptors (Lipinski definition) is 5. The number of nitrogens with zero attached hydrogens (tertiary/aromatic N) is 3. The zero-order valence-corrected chi connectivity index (χ0v) is 13.6. The van der Waals surface area contributed by atoms with Crippen molar-refractivity contribution in [3.63, 3.8) is 0 Å². The highest BCUT2D eigenvalue weighted by Crippen LogP contribution is 2.33. The highest BCUT2D eigenvalue weighted by atomic mass is 32.1. The van der Waals surface area contributed by atoms with E-state index in [1.54, 1.807) is 18.5 Å². The Bertz CT molecular complexity index is 877. The first-order valence-electron chi connectivity index (χ1n) is 7.67. The molecule has 3 heterocycles. The molecule has 1 aliphatic rings. The van der Waals surface area contributed by atoms with Gasteiger partial charge in [0.05, 0.1) is 10.6 Å². The number of hydrogen-bond donors (Lipinski definition) is 1. The van der Waals surface area contributed by atoms with E-state index >= 15 is 0 Å². The lowest BCUT2D eigenvalue weighted by Gasteiger charge is -2.37. The van der Waals surface area contributed by atoms with Crippen molar-refractivity contribution in [1.29, 1.82) is 0 Å². The van der Waals surface area contributed by atoms with Crippen LogP contribution in [0.4, 0.5) is 9.52 Å². The quantitative estimate of drug-likeness (QED) is 0.792. The van der Waals surface area contributed by atoms with Crippen LogP contribution >= 0.6 is 11.3 Å². The number of para-hydroxylation sites is 1. The minimum absolute atomic E-state index is 0.0300. The zero-order valence-electron chi connectivity index (χ0n) is 12.8. The number of benzene rings is 1. The van der Waals surface area contributed by atoms with Crippen LogP contribution in [-0.2, 0) is 11.3 Å². The topological polar surface area (TPSA) is 58.1 Å². The average Bonchev–Trinajstić information content (AvgIpc) is 2.97. The first-order chi connectivity index (χ1) is 11.7. The second-order valence-electron chi connectivity index (χ2n) is 5.76. The Balaban J connectivity index is 1.35. The molecule has 7 heteroatoms. The number of aromatic nitrogens is 2. The second kappa shape index (κ2) is 6.16. The Hall–Kier alpha value is -2.54. The van der Waals surface area contributed by atoms with Gasteiger partial charge in [-0.2, -0.15) is 0 Å². The van der Waals surface area contributed by atoms with Crippen LogP contribution in [0.25, 0.3) is 10.2 Å². The van der Waals surface area contributed by atoms with Crippen LogP contribution in [0.5, 0.6) is 0 Å². The zero-order chi connectivity index (χ0) is 16.5. The molecule has 0 atom stereocenters. The lowest BCUT2D eigenvalue weighted by molar-refractivity contribution is -0.125. The standard InChI is InChI=1S/C17H15FN4OS/c18-13-4-1-5-14-15(13)21-17(24-14)22-9-12(10-22)16(23)20-8-11-3-2-6-19-7-11/h1-7,12H,8-10H2,(H,20,23). The van der Waals surface area contributed by atoms with E-state index in [-0.39, 0.29) is 17.6 Å². The SMILES string of the molecule is O=C(NCc1cccnc1)C1CN(c2nc3c(F)cccc3s2)C1. The predicted octanol–water partition coefficient (Wildman–Crippen LogP) is 2.58. The van der Waals surface area contributed by atoms with Gasteiger partial charge < -0.3 is 10.2 Å². The minimum Gasteiger partial charge on any atom is -0.352 e. The number of halogens is 1. The van der Waals surface area contributed by atoms with E-state index in [1.165, 1.54) is 17.4 Å².